The Morgan fingerprint density at radius 1 is 1.32 bits per heavy atom. The lowest BCUT2D eigenvalue weighted by Crippen LogP contribution is -2.42. The molecule has 0 aromatic heterocycles. The van der Waals surface area contributed by atoms with E-state index < -0.39 is 0 Å². The smallest absolute Gasteiger partial charge is 0.223 e. The van der Waals surface area contributed by atoms with Gasteiger partial charge in [-0.25, -0.2) is 0 Å². The van der Waals surface area contributed by atoms with Crippen LogP contribution in [0.25, 0.3) is 0 Å². The maximum absolute atomic E-state index is 12.7. The number of rotatable bonds is 3. The molecule has 22 heavy (non-hydrogen) atoms. The van der Waals surface area contributed by atoms with E-state index >= 15 is 0 Å². The number of aryl methyl sites for hydroxylation is 1. The summed E-state index contributed by atoms with van der Waals surface area (Å²) in [6.45, 7) is 8.61. The van der Waals surface area contributed by atoms with Crippen LogP contribution in [-0.4, -0.2) is 11.9 Å². The highest BCUT2D eigenvalue weighted by molar-refractivity contribution is 5.79. The van der Waals surface area contributed by atoms with Crippen molar-refractivity contribution in [2.45, 2.75) is 65.5 Å². The molecule has 0 spiro atoms. The van der Waals surface area contributed by atoms with Crippen molar-refractivity contribution < 1.29 is 4.79 Å². The highest BCUT2D eigenvalue weighted by Crippen LogP contribution is 2.34. The van der Waals surface area contributed by atoms with Crippen LogP contribution >= 0.6 is 0 Å². The number of nitrogens with one attached hydrogen (secondary N) is 1. The fourth-order valence-corrected chi connectivity index (χ4v) is 3.38. The van der Waals surface area contributed by atoms with Gasteiger partial charge in [0.25, 0.3) is 0 Å². The lowest BCUT2D eigenvalue weighted by Gasteiger charge is -2.34. The van der Waals surface area contributed by atoms with Crippen LogP contribution in [0, 0.1) is 18.3 Å². The van der Waals surface area contributed by atoms with Gasteiger partial charge in [0.2, 0.25) is 5.91 Å². The van der Waals surface area contributed by atoms with Gasteiger partial charge in [-0.15, -0.1) is 0 Å². The lowest BCUT2D eigenvalue weighted by atomic mass is 9.80. The average Bonchev–Trinajstić information content (AvgIpc) is 2.43. The van der Waals surface area contributed by atoms with Crippen LogP contribution in [0.15, 0.2) is 24.3 Å². The molecule has 3 heteroatoms. The van der Waals surface area contributed by atoms with Crippen LogP contribution in [0.3, 0.4) is 0 Å². The first kappa shape index (κ1) is 17.0. The van der Waals surface area contributed by atoms with Crippen LogP contribution in [0.1, 0.15) is 63.6 Å². The van der Waals surface area contributed by atoms with E-state index in [0.29, 0.717) is 0 Å². The Morgan fingerprint density at radius 3 is 2.64 bits per heavy atom. The molecule has 1 amide bonds. The molecule has 3 unspecified atom stereocenters. The Labute approximate surface area is 134 Å². The minimum Gasteiger partial charge on any atom is -0.349 e. The van der Waals surface area contributed by atoms with E-state index in [1.165, 1.54) is 11.1 Å². The monoisotopic (exact) mass is 302 g/mol. The van der Waals surface area contributed by atoms with Gasteiger partial charge < -0.3 is 11.1 Å². The molecule has 1 saturated carbocycles. The van der Waals surface area contributed by atoms with Crippen molar-refractivity contribution in [2.75, 3.05) is 0 Å². The standard InChI is InChI=1S/C19H30N2O/c1-13-7-5-8-14(11-13)17(19(2,3)4)21-18(22)15-9-6-10-16(20)12-15/h5,7-8,11,15-17H,6,9-10,12,20H2,1-4H3,(H,21,22). The normalized spacial score (nSPS) is 23.9. The predicted molar refractivity (Wildman–Crippen MR) is 91.5 cm³/mol. The highest BCUT2D eigenvalue weighted by atomic mass is 16.1. The molecule has 1 aliphatic carbocycles. The van der Waals surface area contributed by atoms with E-state index in [4.69, 9.17) is 5.73 Å². The number of carbonyl (C=O) groups excluding carboxylic acids is 1. The predicted octanol–water partition coefficient (Wildman–Crippen LogP) is 3.72. The van der Waals surface area contributed by atoms with E-state index in [0.717, 1.165) is 25.7 Å². The van der Waals surface area contributed by atoms with Crippen molar-refractivity contribution in [1.29, 1.82) is 0 Å². The van der Waals surface area contributed by atoms with Gasteiger partial charge >= 0.3 is 0 Å². The largest absolute Gasteiger partial charge is 0.349 e. The zero-order valence-corrected chi connectivity index (χ0v) is 14.4. The summed E-state index contributed by atoms with van der Waals surface area (Å²) in [7, 11) is 0. The Hall–Kier alpha value is -1.35. The topological polar surface area (TPSA) is 55.1 Å². The Kier molecular flexibility index (Phi) is 5.28. The van der Waals surface area contributed by atoms with E-state index in [1.54, 1.807) is 0 Å². The summed E-state index contributed by atoms with van der Waals surface area (Å²) < 4.78 is 0. The molecule has 3 N–H and O–H groups in total. The molecule has 0 heterocycles. The zero-order valence-electron chi connectivity index (χ0n) is 14.4. The third-order valence-electron chi connectivity index (χ3n) is 4.61. The maximum Gasteiger partial charge on any atom is 0.223 e. The third kappa shape index (κ3) is 4.33. The van der Waals surface area contributed by atoms with E-state index in [1.807, 2.05) is 0 Å². The second kappa shape index (κ2) is 6.82. The Bertz CT molecular complexity index is 518. The van der Waals surface area contributed by atoms with Crippen molar-refractivity contribution in [1.82, 2.24) is 5.32 Å². The van der Waals surface area contributed by atoms with Gasteiger partial charge in [-0.1, -0.05) is 57.0 Å². The molecule has 0 saturated heterocycles. The second-order valence-corrected chi connectivity index (χ2v) is 7.85. The first-order valence-electron chi connectivity index (χ1n) is 8.40. The summed E-state index contributed by atoms with van der Waals surface area (Å²) in [6.07, 6.45) is 3.88. The minimum atomic E-state index is -0.0275. The number of carbonyl (C=O) groups is 1. The summed E-state index contributed by atoms with van der Waals surface area (Å²) in [5.74, 6) is 0.231. The fourth-order valence-electron chi connectivity index (χ4n) is 3.38. The number of nitrogens with two attached hydrogens (primary N) is 1. The van der Waals surface area contributed by atoms with Crippen LogP contribution in [0.2, 0.25) is 0 Å². The van der Waals surface area contributed by atoms with Gasteiger partial charge in [0.1, 0.15) is 0 Å². The maximum atomic E-state index is 12.7. The minimum absolute atomic E-state index is 0.0260. The van der Waals surface area contributed by atoms with E-state index in [9.17, 15) is 4.79 Å². The van der Waals surface area contributed by atoms with Gasteiger partial charge in [-0.05, 0) is 37.2 Å². The van der Waals surface area contributed by atoms with Crippen LogP contribution in [-0.2, 0) is 4.79 Å². The highest BCUT2D eigenvalue weighted by Gasteiger charge is 2.32. The summed E-state index contributed by atoms with van der Waals surface area (Å²) in [6, 6.07) is 8.63. The average molecular weight is 302 g/mol. The lowest BCUT2D eigenvalue weighted by molar-refractivity contribution is -0.127. The van der Waals surface area contributed by atoms with E-state index in [-0.39, 0.29) is 29.3 Å². The molecule has 3 nitrogen and oxygen atoms in total. The zero-order chi connectivity index (χ0) is 16.3. The molecule has 2 rings (SSSR count). The summed E-state index contributed by atoms with van der Waals surface area (Å²) in [5.41, 5.74) is 8.41. The molecule has 0 aliphatic heterocycles. The summed E-state index contributed by atoms with van der Waals surface area (Å²) in [4.78, 5) is 12.7. The molecule has 1 aromatic rings. The first-order chi connectivity index (χ1) is 10.3. The Balaban J connectivity index is 2.15. The molecule has 1 aliphatic rings. The third-order valence-corrected chi connectivity index (χ3v) is 4.61. The molecule has 122 valence electrons. The van der Waals surface area contributed by atoms with Gasteiger partial charge in [0.05, 0.1) is 6.04 Å². The number of benzene rings is 1. The molecule has 1 fully saturated rings. The van der Waals surface area contributed by atoms with Gasteiger partial charge in [0, 0.05) is 12.0 Å². The second-order valence-electron chi connectivity index (χ2n) is 7.85. The molecular weight excluding hydrogens is 272 g/mol. The van der Waals surface area contributed by atoms with Crippen LogP contribution in [0.4, 0.5) is 0 Å². The first-order valence-corrected chi connectivity index (χ1v) is 8.40. The Morgan fingerprint density at radius 2 is 2.05 bits per heavy atom. The molecule has 3 atom stereocenters. The quantitative estimate of drug-likeness (QED) is 0.894. The van der Waals surface area contributed by atoms with Crippen molar-refractivity contribution in [3.8, 4) is 0 Å². The van der Waals surface area contributed by atoms with Gasteiger partial charge in [-0.2, -0.15) is 0 Å². The van der Waals surface area contributed by atoms with E-state index in [2.05, 4.69) is 57.3 Å². The van der Waals surface area contributed by atoms with Crippen LogP contribution in [0.5, 0.6) is 0 Å². The van der Waals surface area contributed by atoms with Gasteiger partial charge in [-0.3, -0.25) is 4.79 Å². The van der Waals surface area contributed by atoms with Crippen molar-refractivity contribution >= 4 is 5.91 Å². The number of amides is 1. The SMILES string of the molecule is Cc1cccc(C(NC(=O)C2CCCC(N)C2)C(C)(C)C)c1. The number of hydrogen-bond donors (Lipinski definition) is 2. The summed E-state index contributed by atoms with van der Waals surface area (Å²) in [5, 5.41) is 3.30. The van der Waals surface area contributed by atoms with Crippen molar-refractivity contribution in [3.63, 3.8) is 0 Å². The van der Waals surface area contributed by atoms with Gasteiger partial charge in [0.15, 0.2) is 0 Å². The van der Waals surface area contributed by atoms with Crippen molar-refractivity contribution in [2.24, 2.45) is 17.1 Å². The van der Waals surface area contributed by atoms with Crippen LogP contribution < -0.4 is 11.1 Å². The molecule has 0 radical (unpaired) electrons. The number of hydrogen-bond acceptors (Lipinski definition) is 2. The fraction of sp³-hybridized carbons (Fsp3) is 0.632. The molecule has 0 bridgehead atoms. The molecule has 1 aromatic carbocycles. The molecular formula is C19H30N2O. The van der Waals surface area contributed by atoms with Crippen molar-refractivity contribution in [3.05, 3.63) is 35.4 Å². The summed E-state index contributed by atoms with van der Waals surface area (Å²) >= 11 is 0.